The van der Waals surface area contributed by atoms with Crippen LogP contribution in [0.5, 0.6) is 11.5 Å². The lowest BCUT2D eigenvalue weighted by Crippen LogP contribution is -2.30. The molecule has 2 heterocycles. The van der Waals surface area contributed by atoms with Crippen LogP contribution in [-0.4, -0.2) is 41.0 Å². The molecule has 4 aromatic rings. The number of H-pyrrole nitrogens is 1. The number of ether oxygens (including phenoxy) is 2. The summed E-state index contributed by atoms with van der Waals surface area (Å²) in [6.07, 6.45) is 0.844. The molecule has 1 saturated heterocycles. The average molecular weight is 498 g/mol. The number of aromatic nitrogens is 2. The van der Waals surface area contributed by atoms with Crippen molar-refractivity contribution in [2.45, 2.75) is 26.3 Å². The molecule has 0 spiro atoms. The maximum atomic E-state index is 13.5. The largest absolute Gasteiger partial charge is 0.507 e. The van der Waals surface area contributed by atoms with Gasteiger partial charge in [0.15, 0.2) is 11.5 Å². The fourth-order valence-electron chi connectivity index (χ4n) is 4.70. The number of carbonyl (C=O) groups excluding carboxylic acids is 2. The minimum Gasteiger partial charge on any atom is -0.507 e. The number of aliphatic hydroxyl groups excluding tert-OH is 1. The summed E-state index contributed by atoms with van der Waals surface area (Å²) in [6.45, 7) is 3.97. The van der Waals surface area contributed by atoms with Crippen LogP contribution in [0.25, 0.3) is 16.8 Å². The molecule has 1 aliphatic rings. The minimum atomic E-state index is -0.880. The normalized spacial score (nSPS) is 17.0. The summed E-state index contributed by atoms with van der Waals surface area (Å²) < 4.78 is 10.8. The molecule has 1 aromatic heterocycles. The first-order valence-electron chi connectivity index (χ1n) is 11.9. The van der Waals surface area contributed by atoms with E-state index in [1.807, 2.05) is 50.2 Å². The fraction of sp³-hybridized carbons (Fsp3) is 0.207. The SMILES string of the molecule is CCc1ccc(/C(O)=C2\C(=O)C(=O)N(c3nc4cc(OC)c(OC)cc4[nH]3)C2c2cccc(C)c2)cc1. The molecule has 0 saturated carbocycles. The van der Waals surface area contributed by atoms with Crippen LogP contribution in [0.15, 0.2) is 66.2 Å². The van der Waals surface area contributed by atoms with Crippen molar-refractivity contribution in [1.29, 1.82) is 0 Å². The van der Waals surface area contributed by atoms with Crippen LogP contribution >= 0.6 is 0 Å². The number of aryl methyl sites for hydroxylation is 2. The fourth-order valence-corrected chi connectivity index (χ4v) is 4.70. The van der Waals surface area contributed by atoms with E-state index in [2.05, 4.69) is 9.97 Å². The number of methoxy groups -OCH3 is 2. The molecule has 1 amide bonds. The first-order valence-corrected chi connectivity index (χ1v) is 11.9. The number of hydrogen-bond acceptors (Lipinski definition) is 6. The highest BCUT2D eigenvalue weighted by molar-refractivity contribution is 6.51. The van der Waals surface area contributed by atoms with Gasteiger partial charge in [0.05, 0.1) is 36.9 Å². The van der Waals surface area contributed by atoms with Crippen LogP contribution in [0.2, 0.25) is 0 Å². The van der Waals surface area contributed by atoms with Gasteiger partial charge in [-0.1, -0.05) is 61.0 Å². The Labute approximate surface area is 214 Å². The van der Waals surface area contributed by atoms with E-state index in [0.29, 0.717) is 33.7 Å². The third kappa shape index (κ3) is 4.10. The zero-order valence-electron chi connectivity index (χ0n) is 21.0. The number of aliphatic hydroxyl groups is 1. The summed E-state index contributed by atoms with van der Waals surface area (Å²) in [5, 5.41) is 11.3. The third-order valence-electron chi connectivity index (χ3n) is 6.64. The number of fused-ring (bicyclic) bond motifs is 1. The molecule has 37 heavy (non-hydrogen) atoms. The summed E-state index contributed by atoms with van der Waals surface area (Å²) in [4.78, 5) is 35.9. The molecule has 8 nitrogen and oxygen atoms in total. The van der Waals surface area contributed by atoms with Crippen molar-refractivity contribution in [3.8, 4) is 11.5 Å². The van der Waals surface area contributed by atoms with Crippen molar-refractivity contribution < 1.29 is 24.2 Å². The van der Waals surface area contributed by atoms with Crippen molar-refractivity contribution in [2.75, 3.05) is 19.1 Å². The molecule has 3 aromatic carbocycles. The van der Waals surface area contributed by atoms with E-state index in [1.54, 1.807) is 24.3 Å². The first-order chi connectivity index (χ1) is 17.9. The topological polar surface area (TPSA) is 105 Å². The van der Waals surface area contributed by atoms with Crippen molar-refractivity contribution >= 4 is 34.4 Å². The maximum absolute atomic E-state index is 13.5. The van der Waals surface area contributed by atoms with Crippen LogP contribution < -0.4 is 14.4 Å². The lowest BCUT2D eigenvalue weighted by molar-refractivity contribution is -0.132. The Bertz CT molecular complexity index is 1510. The van der Waals surface area contributed by atoms with Gasteiger partial charge in [0.1, 0.15) is 5.76 Å². The molecular weight excluding hydrogens is 470 g/mol. The van der Waals surface area contributed by atoms with Gasteiger partial charge < -0.3 is 19.6 Å². The monoisotopic (exact) mass is 497 g/mol. The van der Waals surface area contributed by atoms with Crippen molar-refractivity contribution in [3.05, 3.63) is 88.5 Å². The van der Waals surface area contributed by atoms with E-state index in [1.165, 1.54) is 19.1 Å². The number of hydrogen-bond donors (Lipinski definition) is 2. The van der Waals surface area contributed by atoms with Crippen molar-refractivity contribution in [1.82, 2.24) is 9.97 Å². The number of aromatic amines is 1. The van der Waals surface area contributed by atoms with Crippen molar-refractivity contribution in [3.63, 3.8) is 0 Å². The molecule has 1 aliphatic heterocycles. The third-order valence-corrected chi connectivity index (χ3v) is 6.64. The van der Waals surface area contributed by atoms with Gasteiger partial charge >= 0.3 is 5.91 Å². The van der Waals surface area contributed by atoms with E-state index in [0.717, 1.165) is 17.5 Å². The molecule has 0 bridgehead atoms. The van der Waals surface area contributed by atoms with Crippen LogP contribution in [0.1, 0.15) is 35.2 Å². The van der Waals surface area contributed by atoms with Gasteiger partial charge in [0.2, 0.25) is 5.95 Å². The van der Waals surface area contributed by atoms with Gasteiger partial charge in [0, 0.05) is 17.7 Å². The van der Waals surface area contributed by atoms with E-state index in [-0.39, 0.29) is 17.3 Å². The second-order valence-electron chi connectivity index (χ2n) is 8.92. The lowest BCUT2D eigenvalue weighted by Gasteiger charge is -2.23. The highest BCUT2D eigenvalue weighted by Crippen LogP contribution is 2.42. The quantitative estimate of drug-likeness (QED) is 0.219. The Morgan fingerprint density at radius 1 is 1.03 bits per heavy atom. The molecule has 5 rings (SSSR count). The van der Waals surface area contributed by atoms with E-state index in [9.17, 15) is 14.7 Å². The lowest BCUT2D eigenvalue weighted by atomic mass is 9.94. The molecule has 1 atom stereocenters. The number of anilines is 1. The van der Waals surface area contributed by atoms with Gasteiger partial charge in [-0.3, -0.25) is 14.5 Å². The highest BCUT2D eigenvalue weighted by Gasteiger charge is 2.48. The van der Waals surface area contributed by atoms with E-state index >= 15 is 0 Å². The Hall–Kier alpha value is -4.59. The predicted octanol–water partition coefficient (Wildman–Crippen LogP) is 5.08. The smallest absolute Gasteiger partial charge is 0.302 e. The average Bonchev–Trinajstić information content (AvgIpc) is 3.44. The van der Waals surface area contributed by atoms with Crippen LogP contribution in [0, 0.1) is 6.92 Å². The number of ketones is 1. The summed E-state index contributed by atoms with van der Waals surface area (Å²) in [5.74, 6) is -0.622. The molecular formula is C29H27N3O5. The standard InChI is InChI=1S/C29H27N3O5/c1-5-17-9-11-18(12-10-17)26(33)24-25(19-8-6-7-16(2)13-19)32(28(35)27(24)34)29-30-20-14-22(36-3)23(37-4)15-21(20)31-29/h6-15,25,33H,5H2,1-4H3,(H,30,31)/b26-24+. The number of rotatable bonds is 6. The molecule has 0 radical (unpaired) electrons. The Kier molecular flexibility index (Phi) is 6.17. The molecule has 188 valence electrons. The zero-order chi connectivity index (χ0) is 26.3. The van der Waals surface area contributed by atoms with Gasteiger partial charge in [-0.2, -0.15) is 0 Å². The number of Topliss-reactive ketones (excluding diaryl/α,β-unsaturated/α-hetero) is 1. The minimum absolute atomic E-state index is 0.00969. The second kappa shape index (κ2) is 9.46. The molecule has 0 aliphatic carbocycles. The number of nitrogens with zero attached hydrogens (tertiary/aromatic N) is 2. The highest BCUT2D eigenvalue weighted by atomic mass is 16.5. The second-order valence-corrected chi connectivity index (χ2v) is 8.92. The number of amides is 1. The van der Waals surface area contributed by atoms with Gasteiger partial charge in [-0.25, -0.2) is 4.98 Å². The summed E-state index contributed by atoms with van der Waals surface area (Å²) in [6, 6.07) is 17.4. The van der Waals surface area contributed by atoms with Crippen LogP contribution in [-0.2, 0) is 16.0 Å². The Balaban J connectivity index is 1.71. The van der Waals surface area contributed by atoms with Crippen LogP contribution in [0.3, 0.4) is 0 Å². The van der Waals surface area contributed by atoms with E-state index < -0.39 is 17.7 Å². The molecule has 1 fully saturated rings. The summed E-state index contributed by atoms with van der Waals surface area (Å²) in [5.41, 5.74) is 4.35. The molecule has 8 heteroatoms. The first kappa shape index (κ1) is 24.1. The Morgan fingerprint density at radius 2 is 1.73 bits per heavy atom. The van der Waals surface area contributed by atoms with Gasteiger partial charge in [-0.05, 0) is 24.5 Å². The summed E-state index contributed by atoms with van der Waals surface area (Å²) in [7, 11) is 3.06. The summed E-state index contributed by atoms with van der Waals surface area (Å²) >= 11 is 0. The van der Waals surface area contributed by atoms with Gasteiger partial charge in [0.25, 0.3) is 5.78 Å². The number of benzene rings is 3. The van der Waals surface area contributed by atoms with E-state index in [4.69, 9.17) is 9.47 Å². The number of nitrogens with one attached hydrogen (secondary N) is 1. The van der Waals surface area contributed by atoms with Crippen LogP contribution in [0.4, 0.5) is 5.95 Å². The predicted molar refractivity (Wildman–Crippen MR) is 141 cm³/mol. The number of carbonyl (C=O) groups is 2. The zero-order valence-corrected chi connectivity index (χ0v) is 21.0. The molecule has 2 N–H and O–H groups in total. The number of imidazole rings is 1. The Morgan fingerprint density at radius 3 is 2.38 bits per heavy atom. The maximum Gasteiger partial charge on any atom is 0.302 e. The van der Waals surface area contributed by atoms with Crippen molar-refractivity contribution in [2.24, 2.45) is 0 Å². The molecule has 1 unspecified atom stereocenters. The van der Waals surface area contributed by atoms with Gasteiger partial charge in [-0.15, -0.1) is 0 Å².